The van der Waals surface area contributed by atoms with E-state index in [-0.39, 0.29) is 17.1 Å². The molecule has 1 aromatic carbocycles. The highest BCUT2D eigenvalue weighted by atomic mass is 35.5. The molecule has 0 bridgehead atoms. The van der Waals surface area contributed by atoms with Gasteiger partial charge in [0, 0.05) is 43.0 Å². The summed E-state index contributed by atoms with van der Waals surface area (Å²) in [6, 6.07) is 2.76. The van der Waals surface area contributed by atoms with Crippen LogP contribution in [0.1, 0.15) is 21.7 Å². The molecule has 0 aliphatic heterocycles. The topological polar surface area (TPSA) is 46.9 Å². The van der Waals surface area contributed by atoms with E-state index in [0.717, 1.165) is 18.0 Å². The highest BCUT2D eigenvalue weighted by Crippen LogP contribution is 2.31. The summed E-state index contributed by atoms with van der Waals surface area (Å²) in [5.41, 5.74) is -1.08. The number of carbonyl (C=O) groups excluding carboxylic acids is 1. The number of amides is 1. The van der Waals surface area contributed by atoms with Crippen LogP contribution in [-0.4, -0.2) is 22.0 Å². The number of rotatable bonds is 4. The van der Waals surface area contributed by atoms with Crippen molar-refractivity contribution in [3.8, 4) is 0 Å². The van der Waals surface area contributed by atoms with Gasteiger partial charge in [-0.15, -0.1) is 0 Å². The number of aryl methyl sites for hydroxylation is 1. The minimum atomic E-state index is -4.55. The third-order valence-corrected chi connectivity index (χ3v) is 3.26. The molecule has 0 unspecified atom stereocenters. The molecule has 0 spiro atoms. The molecule has 0 fully saturated rings. The molecule has 0 aliphatic rings. The molecule has 4 nitrogen and oxygen atoms in total. The molecule has 0 saturated carbocycles. The first kappa shape index (κ1) is 16.4. The van der Waals surface area contributed by atoms with E-state index in [4.69, 9.17) is 11.6 Å². The Morgan fingerprint density at radius 2 is 2.09 bits per heavy atom. The molecule has 8 heteroatoms. The number of nitrogens with zero attached hydrogens (tertiary/aromatic N) is 2. The van der Waals surface area contributed by atoms with Crippen molar-refractivity contribution < 1.29 is 18.0 Å². The summed E-state index contributed by atoms with van der Waals surface area (Å²) in [6.45, 7) is 0.261. The molecule has 0 aliphatic carbocycles. The number of hydrogen-bond donors (Lipinski definition) is 1. The van der Waals surface area contributed by atoms with E-state index in [9.17, 15) is 18.0 Å². The maximum atomic E-state index is 12.7. The fourth-order valence-electron chi connectivity index (χ4n) is 1.91. The zero-order valence-electron chi connectivity index (χ0n) is 11.6. The highest BCUT2D eigenvalue weighted by molar-refractivity contribution is 6.31. The number of imidazole rings is 1. The minimum Gasteiger partial charge on any atom is -0.352 e. The molecule has 2 rings (SSSR count). The molecular formula is C14H13ClF3N3O. The molecule has 0 radical (unpaired) electrons. The Hall–Kier alpha value is -2.02. The van der Waals surface area contributed by atoms with Gasteiger partial charge in [-0.1, -0.05) is 11.6 Å². The quantitative estimate of drug-likeness (QED) is 0.936. The number of carbonyl (C=O) groups is 1. The lowest BCUT2D eigenvalue weighted by atomic mass is 10.1. The third-order valence-electron chi connectivity index (χ3n) is 3.04. The number of benzene rings is 1. The smallest absolute Gasteiger partial charge is 0.352 e. The molecule has 0 atom stereocenters. The summed E-state index contributed by atoms with van der Waals surface area (Å²) in [5, 5.41) is 2.42. The lowest BCUT2D eigenvalue weighted by molar-refractivity contribution is -0.137. The predicted molar refractivity (Wildman–Crippen MR) is 75.7 cm³/mol. The van der Waals surface area contributed by atoms with Crippen molar-refractivity contribution in [2.45, 2.75) is 12.6 Å². The van der Waals surface area contributed by atoms with Gasteiger partial charge in [-0.3, -0.25) is 4.79 Å². The molecule has 1 heterocycles. The monoisotopic (exact) mass is 331 g/mol. The van der Waals surface area contributed by atoms with E-state index in [1.807, 2.05) is 7.05 Å². The minimum absolute atomic E-state index is 0.125. The van der Waals surface area contributed by atoms with Gasteiger partial charge in [-0.25, -0.2) is 4.98 Å². The molecular weight excluding hydrogens is 319 g/mol. The summed E-state index contributed by atoms with van der Waals surface area (Å²) in [4.78, 5) is 16.0. The summed E-state index contributed by atoms with van der Waals surface area (Å²) in [6.07, 6.45) is -0.678. The summed E-state index contributed by atoms with van der Waals surface area (Å²) < 4.78 is 39.9. The average molecular weight is 332 g/mol. The van der Waals surface area contributed by atoms with Crippen LogP contribution in [0.5, 0.6) is 0 Å². The van der Waals surface area contributed by atoms with Gasteiger partial charge >= 0.3 is 6.18 Å². The Morgan fingerprint density at radius 3 is 2.68 bits per heavy atom. The molecule has 1 N–H and O–H groups in total. The van der Waals surface area contributed by atoms with Gasteiger partial charge < -0.3 is 9.88 Å². The molecule has 1 aromatic heterocycles. The van der Waals surface area contributed by atoms with Crippen LogP contribution in [0.2, 0.25) is 5.02 Å². The number of hydrogen-bond acceptors (Lipinski definition) is 2. The maximum absolute atomic E-state index is 12.7. The number of aromatic nitrogens is 2. The SMILES string of the molecule is Cn1ccnc1CCNC(=O)c1cc(Cl)cc(C(F)(F)F)c1. The van der Waals surface area contributed by atoms with E-state index < -0.39 is 17.6 Å². The molecule has 118 valence electrons. The van der Waals surface area contributed by atoms with Gasteiger partial charge in [0.2, 0.25) is 0 Å². The lowest BCUT2D eigenvalue weighted by Crippen LogP contribution is -2.26. The second kappa shape index (κ2) is 6.39. The predicted octanol–water partition coefficient (Wildman–Crippen LogP) is 3.06. The van der Waals surface area contributed by atoms with Crippen molar-refractivity contribution in [2.75, 3.05) is 6.54 Å². The van der Waals surface area contributed by atoms with Gasteiger partial charge in [0.25, 0.3) is 5.91 Å². The highest BCUT2D eigenvalue weighted by Gasteiger charge is 2.31. The van der Waals surface area contributed by atoms with Crippen molar-refractivity contribution in [3.05, 3.63) is 52.6 Å². The van der Waals surface area contributed by atoms with Crippen LogP contribution >= 0.6 is 11.6 Å². The van der Waals surface area contributed by atoms with E-state index in [1.54, 1.807) is 17.0 Å². The Morgan fingerprint density at radius 1 is 1.36 bits per heavy atom. The van der Waals surface area contributed by atoms with Crippen LogP contribution in [0, 0.1) is 0 Å². The second-order valence-corrected chi connectivity index (χ2v) is 5.12. The van der Waals surface area contributed by atoms with Crippen molar-refractivity contribution in [1.82, 2.24) is 14.9 Å². The Kier molecular flexibility index (Phi) is 4.75. The van der Waals surface area contributed by atoms with Crippen LogP contribution < -0.4 is 5.32 Å². The normalized spacial score (nSPS) is 11.5. The van der Waals surface area contributed by atoms with Crippen LogP contribution in [0.3, 0.4) is 0 Å². The molecule has 2 aromatic rings. The van der Waals surface area contributed by atoms with Crippen molar-refractivity contribution in [3.63, 3.8) is 0 Å². The van der Waals surface area contributed by atoms with Gasteiger partial charge in [0.1, 0.15) is 5.82 Å². The first-order valence-corrected chi connectivity index (χ1v) is 6.77. The summed E-state index contributed by atoms with van der Waals surface area (Å²) in [5.74, 6) is 0.157. The van der Waals surface area contributed by atoms with E-state index in [1.165, 1.54) is 6.07 Å². The second-order valence-electron chi connectivity index (χ2n) is 4.69. The molecule has 1 amide bonds. The van der Waals surface area contributed by atoms with Crippen LogP contribution in [0.15, 0.2) is 30.6 Å². The zero-order valence-corrected chi connectivity index (χ0v) is 12.4. The third kappa shape index (κ3) is 4.00. The Balaban J connectivity index is 2.03. The molecule has 0 saturated heterocycles. The Bertz CT molecular complexity index is 682. The first-order chi connectivity index (χ1) is 10.3. The number of halogens is 4. The summed E-state index contributed by atoms with van der Waals surface area (Å²) >= 11 is 5.64. The maximum Gasteiger partial charge on any atom is 0.416 e. The van der Waals surface area contributed by atoms with Crippen molar-refractivity contribution in [1.29, 1.82) is 0 Å². The average Bonchev–Trinajstić information content (AvgIpc) is 2.82. The van der Waals surface area contributed by atoms with E-state index in [2.05, 4.69) is 10.3 Å². The van der Waals surface area contributed by atoms with Crippen LogP contribution in [0.25, 0.3) is 0 Å². The van der Waals surface area contributed by atoms with Crippen LogP contribution in [0.4, 0.5) is 13.2 Å². The fourth-order valence-corrected chi connectivity index (χ4v) is 2.15. The van der Waals surface area contributed by atoms with Gasteiger partial charge in [0.05, 0.1) is 5.56 Å². The van der Waals surface area contributed by atoms with E-state index in [0.29, 0.717) is 6.42 Å². The first-order valence-electron chi connectivity index (χ1n) is 6.39. The summed E-state index contributed by atoms with van der Waals surface area (Å²) in [7, 11) is 1.82. The lowest BCUT2D eigenvalue weighted by Gasteiger charge is -2.10. The van der Waals surface area contributed by atoms with Gasteiger partial charge in [-0.2, -0.15) is 13.2 Å². The van der Waals surface area contributed by atoms with E-state index >= 15 is 0 Å². The number of nitrogens with one attached hydrogen (secondary N) is 1. The van der Waals surface area contributed by atoms with Crippen molar-refractivity contribution in [2.24, 2.45) is 7.05 Å². The standard InChI is InChI=1S/C14H13ClF3N3O/c1-21-5-4-19-12(21)2-3-20-13(22)9-6-10(14(16,17)18)8-11(15)7-9/h4-8H,2-3H2,1H3,(H,20,22). The largest absolute Gasteiger partial charge is 0.416 e. The van der Waals surface area contributed by atoms with Gasteiger partial charge in [0.15, 0.2) is 0 Å². The van der Waals surface area contributed by atoms with Gasteiger partial charge in [-0.05, 0) is 18.2 Å². The fraction of sp³-hybridized carbons (Fsp3) is 0.286. The Labute approximate surface area is 129 Å². The zero-order chi connectivity index (χ0) is 16.3. The molecule has 22 heavy (non-hydrogen) atoms. The number of alkyl halides is 3. The van der Waals surface area contributed by atoms with Crippen molar-refractivity contribution >= 4 is 17.5 Å². The van der Waals surface area contributed by atoms with Crippen LogP contribution in [-0.2, 0) is 19.6 Å².